The van der Waals surface area contributed by atoms with Crippen LogP contribution in [0.1, 0.15) is 0 Å². The molecule has 0 aliphatic rings. The van der Waals surface area contributed by atoms with Gasteiger partial charge in [-0.1, -0.05) is 0 Å². The fraction of sp³-hybridized carbons (Fsp3) is 0.625. The molecule has 1 aromatic heterocycles. The number of aliphatic hydroxyl groups is 3. The van der Waals surface area contributed by atoms with E-state index in [0.29, 0.717) is 18.1 Å². The maximum Gasteiger partial charge on any atom is 0.147 e. The van der Waals surface area contributed by atoms with Gasteiger partial charge >= 0.3 is 0 Å². The lowest BCUT2D eigenvalue weighted by Crippen LogP contribution is -2.22. The average molecular weight is 216 g/mol. The summed E-state index contributed by atoms with van der Waals surface area (Å²) in [5.41, 5.74) is 6.07. The monoisotopic (exact) mass is 216 g/mol. The minimum atomic E-state index is -0.876. The van der Waals surface area contributed by atoms with Crippen molar-refractivity contribution >= 4 is 11.5 Å². The van der Waals surface area contributed by atoms with E-state index >= 15 is 0 Å². The Morgan fingerprint density at radius 1 is 1.53 bits per heavy atom. The van der Waals surface area contributed by atoms with Gasteiger partial charge in [-0.05, 0) is 0 Å². The van der Waals surface area contributed by atoms with Crippen LogP contribution in [0.15, 0.2) is 6.20 Å². The van der Waals surface area contributed by atoms with Crippen LogP contribution in [0.4, 0.5) is 11.5 Å². The molecule has 0 aliphatic carbocycles. The topological polar surface area (TPSA) is 117 Å². The van der Waals surface area contributed by atoms with Crippen LogP contribution in [-0.4, -0.2) is 51.0 Å². The van der Waals surface area contributed by atoms with E-state index in [0.717, 1.165) is 0 Å². The summed E-state index contributed by atoms with van der Waals surface area (Å²) in [5.74, 6) is 0.538. The van der Waals surface area contributed by atoms with E-state index in [4.69, 9.17) is 15.9 Å². The summed E-state index contributed by atoms with van der Waals surface area (Å²) in [6.07, 6.45) is 0.572. The molecule has 1 aromatic rings. The third kappa shape index (κ3) is 3.08. The van der Waals surface area contributed by atoms with Crippen molar-refractivity contribution in [2.24, 2.45) is 0 Å². The fourth-order valence-corrected chi connectivity index (χ4v) is 1.16. The van der Waals surface area contributed by atoms with Crippen LogP contribution in [0.25, 0.3) is 0 Å². The van der Waals surface area contributed by atoms with Crippen LogP contribution < -0.4 is 11.1 Å². The quantitative estimate of drug-likeness (QED) is 0.384. The molecule has 7 nitrogen and oxygen atoms in total. The summed E-state index contributed by atoms with van der Waals surface area (Å²) in [4.78, 5) is 0. The standard InChI is InChI=1S/C8H16N4O3/c9-7-3-11-12(4-6(15)5-14)8(7)10-1-2-13/h3,6,10,13-15H,1-2,4-5,9H2. The number of nitrogens with zero attached hydrogens (tertiary/aromatic N) is 2. The van der Waals surface area contributed by atoms with E-state index in [1.54, 1.807) is 0 Å². The van der Waals surface area contributed by atoms with Crippen molar-refractivity contribution in [2.45, 2.75) is 12.6 Å². The maximum absolute atomic E-state index is 9.24. The Labute approximate surface area is 87.1 Å². The van der Waals surface area contributed by atoms with Crippen molar-refractivity contribution in [3.63, 3.8) is 0 Å². The molecule has 1 rings (SSSR count). The van der Waals surface area contributed by atoms with Gasteiger partial charge in [0.2, 0.25) is 0 Å². The Morgan fingerprint density at radius 3 is 2.87 bits per heavy atom. The molecule has 0 amide bonds. The van der Waals surface area contributed by atoms with Crippen LogP contribution in [0.3, 0.4) is 0 Å². The number of nitrogens with two attached hydrogens (primary N) is 1. The van der Waals surface area contributed by atoms with Crippen molar-refractivity contribution in [3.8, 4) is 0 Å². The molecule has 0 radical (unpaired) electrons. The van der Waals surface area contributed by atoms with E-state index in [-0.39, 0.29) is 19.8 Å². The highest BCUT2D eigenvalue weighted by molar-refractivity contribution is 5.60. The molecule has 0 aliphatic heterocycles. The molecule has 0 saturated carbocycles. The lowest BCUT2D eigenvalue weighted by Gasteiger charge is -2.12. The second-order valence-corrected chi connectivity index (χ2v) is 3.12. The predicted molar refractivity (Wildman–Crippen MR) is 55.3 cm³/mol. The lowest BCUT2D eigenvalue weighted by molar-refractivity contribution is 0.0787. The highest BCUT2D eigenvalue weighted by Gasteiger charge is 2.11. The molecule has 6 N–H and O–H groups in total. The number of hydrogen-bond donors (Lipinski definition) is 5. The van der Waals surface area contributed by atoms with Crippen LogP contribution in [0, 0.1) is 0 Å². The van der Waals surface area contributed by atoms with Crippen LogP contribution in [-0.2, 0) is 6.54 Å². The van der Waals surface area contributed by atoms with Crippen LogP contribution >= 0.6 is 0 Å². The molecular weight excluding hydrogens is 200 g/mol. The Bertz CT molecular complexity index is 302. The normalized spacial score (nSPS) is 12.7. The number of rotatable bonds is 6. The largest absolute Gasteiger partial charge is 0.395 e. The van der Waals surface area contributed by atoms with Gasteiger partial charge in [-0.15, -0.1) is 0 Å². The number of anilines is 2. The molecule has 1 atom stereocenters. The SMILES string of the molecule is Nc1cnn(CC(O)CO)c1NCCO. The molecular formula is C8H16N4O3. The minimum absolute atomic E-state index is 0.0207. The Balaban J connectivity index is 2.69. The molecule has 0 spiro atoms. The second kappa shape index (κ2) is 5.54. The van der Waals surface area contributed by atoms with Crippen molar-refractivity contribution in [3.05, 3.63) is 6.20 Å². The van der Waals surface area contributed by atoms with Gasteiger partial charge in [0.05, 0.1) is 37.7 Å². The highest BCUT2D eigenvalue weighted by Crippen LogP contribution is 2.17. The first-order valence-electron chi connectivity index (χ1n) is 4.64. The van der Waals surface area contributed by atoms with E-state index in [2.05, 4.69) is 10.4 Å². The fourth-order valence-electron chi connectivity index (χ4n) is 1.16. The molecule has 0 saturated heterocycles. The lowest BCUT2D eigenvalue weighted by atomic mass is 10.4. The Hall–Kier alpha value is -1.31. The number of aliphatic hydroxyl groups excluding tert-OH is 3. The van der Waals surface area contributed by atoms with Crippen molar-refractivity contribution < 1.29 is 15.3 Å². The first kappa shape index (κ1) is 11.8. The third-order valence-corrected chi connectivity index (χ3v) is 1.87. The van der Waals surface area contributed by atoms with E-state index in [1.807, 2.05) is 0 Å². The summed E-state index contributed by atoms with van der Waals surface area (Å²) >= 11 is 0. The number of aromatic nitrogens is 2. The van der Waals surface area contributed by atoms with Gasteiger partial charge in [-0.25, -0.2) is 4.68 Å². The van der Waals surface area contributed by atoms with Gasteiger partial charge in [0.15, 0.2) is 0 Å². The number of nitrogen functional groups attached to an aromatic ring is 1. The molecule has 0 bridgehead atoms. The minimum Gasteiger partial charge on any atom is -0.395 e. The van der Waals surface area contributed by atoms with Gasteiger partial charge in [0, 0.05) is 6.54 Å². The summed E-state index contributed by atoms with van der Waals surface area (Å²) < 4.78 is 1.45. The third-order valence-electron chi connectivity index (χ3n) is 1.87. The molecule has 15 heavy (non-hydrogen) atoms. The second-order valence-electron chi connectivity index (χ2n) is 3.12. The van der Waals surface area contributed by atoms with Gasteiger partial charge < -0.3 is 26.4 Å². The highest BCUT2D eigenvalue weighted by atomic mass is 16.3. The summed E-state index contributed by atoms with van der Waals surface area (Å²) in [7, 11) is 0. The summed E-state index contributed by atoms with van der Waals surface area (Å²) in [5, 5.41) is 33.4. The Morgan fingerprint density at radius 2 is 2.27 bits per heavy atom. The van der Waals surface area contributed by atoms with Crippen molar-refractivity contribution in [1.82, 2.24) is 9.78 Å². The summed E-state index contributed by atoms with van der Waals surface area (Å²) in [6.45, 7) is 0.152. The number of nitrogens with one attached hydrogen (secondary N) is 1. The van der Waals surface area contributed by atoms with E-state index in [1.165, 1.54) is 10.9 Å². The van der Waals surface area contributed by atoms with Crippen LogP contribution in [0.2, 0.25) is 0 Å². The molecule has 0 fully saturated rings. The van der Waals surface area contributed by atoms with Crippen LogP contribution in [0.5, 0.6) is 0 Å². The molecule has 1 unspecified atom stereocenters. The Kier molecular flexibility index (Phi) is 4.35. The van der Waals surface area contributed by atoms with Gasteiger partial charge in [-0.2, -0.15) is 5.10 Å². The molecule has 7 heteroatoms. The smallest absolute Gasteiger partial charge is 0.147 e. The first-order chi connectivity index (χ1) is 7.19. The van der Waals surface area contributed by atoms with Crippen molar-refractivity contribution in [2.75, 3.05) is 30.8 Å². The van der Waals surface area contributed by atoms with Gasteiger partial charge in [0.25, 0.3) is 0 Å². The number of hydrogen-bond acceptors (Lipinski definition) is 6. The molecule has 1 heterocycles. The first-order valence-corrected chi connectivity index (χ1v) is 4.64. The summed E-state index contributed by atoms with van der Waals surface area (Å²) in [6, 6.07) is 0. The van der Waals surface area contributed by atoms with E-state index < -0.39 is 6.10 Å². The van der Waals surface area contributed by atoms with E-state index in [9.17, 15) is 5.11 Å². The maximum atomic E-state index is 9.24. The zero-order chi connectivity index (χ0) is 11.3. The van der Waals surface area contributed by atoms with Crippen molar-refractivity contribution in [1.29, 1.82) is 0 Å². The average Bonchev–Trinajstić information content (AvgIpc) is 2.57. The predicted octanol–water partition coefficient (Wildman–Crippen LogP) is -1.78. The molecule has 0 aromatic carbocycles. The van der Waals surface area contributed by atoms with Gasteiger partial charge in [-0.3, -0.25) is 0 Å². The molecule has 86 valence electrons. The van der Waals surface area contributed by atoms with Gasteiger partial charge in [0.1, 0.15) is 5.82 Å². The zero-order valence-electron chi connectivity index (χ0n) is 8.30. The zero-order valence-corrected chi connectivity index (χ0v) is 8.30.